The highest BCUT2D eigenvalue weighted by atomic mass is 19.2. The fraction of sp³-hybridized carbons (Fsp3) is 0.167. The number of halogens is 3. The smallest absolute Gasteiger partial charge is 0.172 e. The van der Waals surface area contributed by atoms with Gasteiger partial charge in [0.15, 0.2) is 23.2 Å². The number of rotatable bonds is 7. The molecule has 0 aliphatic rings. The zero-order valence-corrected chi connectivity index (χ0v) is 16.2. The van der Waals surface area contributed by atoms with Gasteiger partial charge in [0.2, 0.25) is 0 Å². The van der Waals surface area contributed by atoms with Gasteiger partial charge in [-0.1, -0.05) is 30.4 Å². The molecule has 0 saturated carbocycles. The quantitative estimate of drug-likeness (QED) is 0.312. The number of allylic oxidation sites excluding steroid dienone is 1. The third-order valence-electron chi connectivity index (χ3n) is 4.35. The molecule has 0 radical (unpaired) electrons. The van der Waals surface area contributed by atoms with Crippen LogP contribution in [0.15, 0.2) is 66.7 Å². The molecule has 2 nitrogen and oxygen atoms in total. The summed E-state index contributed by atoms with van der Waals surface area (Å²) in [5.41, 5.74) is 0.130. The van der Waals surface area contributed by atoms with Crippen LogP contribution in [0.4, 0.5) is 13.2 Å². The first kappa shape index (κ1) is 20.5. The van der Waals surface area contributed by atoms with E-state index in [4.69, 9.17) is 9.47 Å². The molecule has 29 heavy (non-hydrogen) atoms. The van der Waals surface area contributed by atoms with Crippen LogP contribution in [0.2, 0.25) is 0 Å². The van der Waals surface area contributed by atoms with Crippen molar-refractivity contribution in [3.8, 4) is 11.5 Å². The van der Waals surface area contributed by atoms with Crippen LogP contribution in [0.1, 0.15) is 25.0 Å². The van der Waals surface area contributed by atoms with Crippen LogP contribution in [0.3, 0.4) is 0 Å². The third-order valence-corrected chi connectivity index (χ3v) is 4.35. The number of benzene rings is 3. The minimum atomic E-state index is -1.01. The topological polar surface area (TPSA) is 18.5 Å². The van der Waals surface area contributed by atoms with Crippen LogP contribution in [0.5, 0.6) is 11.5 Å². The highest BCUT2D eigenvalue weighted by Crippen LogP contribution is 2.33. The Hall–Kier alpha value is -3.21. The summed E-state index contributed by atoms with van der Waals surface area (Å²) in [4.78, 5) is 0. The minimum absolute atomic E-state index is 0.0342. The van der Waals surface area contributed by atoms with E-state index in [0.717, 1.165) is 0 Å². The second-order valence-electron chi connectivity index (χ2n) is 6.28. The summed E-state index contributed by atoms with van der Waals surface area (Å²) in [6.45, 7) is 4.38. The van der Waals surface area contributed by atoms with Gasteiger partial charge in [-0.15, -0.1) is 0 Å². The lowest BCUT2D eigenvalue weighted by atomic mass is 10.0. The molecule has 0 saturated heterocycles. The summed E-state index contributed by atoms with van der Waals surface area (Å²) < 4.78 is 54.5. The lowest BCUT2D eigenvalue weighted by Crippen LogP contribution is -1.95. The monoisotopic (exact) mass is 398 g/mol. The third kappa shape index (κ3) is 4.62. The Morgan fingerprint density at radius 3 is 2.28 bits per heavy atom. The summed E-state index contributed by atoms with van der Waals surface area (Å²) in [6, 6.07) is 13.4. The molecule has 0 aromatic heterocycles. The van der Waals surface area contributed by atoms with Crippen LogP contribution in [0.25, 0.3) is 22.4 Å². The van der Waals surface area contributed by atoms with E-state index in [-0.39, 0.29) is 22.3 Å². The fourth-order valence-corrected chi connectivity index (χ4v) is 2.87. The number of hydrogen-bond acceptors (Lipinski definition) is 2. The van der Waals surface area contributed by atoms with Crippen LogP contribution in [-0.4, -0.2) is 13.2 Å². The first-order valence-electron chi connectivity index (χ1n) is 9.30. The molecule has 0 fully saturated rings. The van der Waals surface area contributed by atoms with Gasteiger partial charge >= 0.3 is 0 Å². The van der Waals surface area contributed by atoms with E-state index in [1.54, 1.807) is 25.1 Å². The van der Waals surface area contributed by atoms with Crippen molar-refractivity contribution >= 4 is 22.4 Å². The van der Waals surface area contributed by atoms with Crippen molar-refractivity contribution in [3.05, 3.63) is 83.7 Å². The lowest BCUT2D eigenvalue weighted by molar-refractivity contribution is 0.323. The largest absolute Gasteiger partial charge is 0.491 e. The van der Waals surface area contributed by atoms with Crippen LogP contribution >= 0.6 is 0 Å². The molecule has 0 unspecified atom stereocenters. The Balaban J connectivity index is 1.89. The van der Waals surface area contributed by atoms with E-state index >= 15 is 0 Å². The van der Waals surface area contributed by atoms with E-state index in [0.29, 0.717) is 24.3 Å². The van der Waals surface area contributed by atoms with E-state index < -0.39 is 17.5 Å². The van der Waals surface area contributed by atoms with E-state index in [2.05, 4.69) is 0 Å². The standard InChI is InChI=1S/C24H21F3O2/c1-3-5-14-29-19-10-6-16(7-11-19)22(25)23(26)18-8-12-20-17(15-18)9-13-21(24(20)27)28-4-2/h3,5-13,15H,4,14H2,1-2H3. The number of hydrogen-bond donors (Lipinski definition) is 0. The van der Waals surface area contributed by atoms with Crippen molar-refractivity contribution < 1.29 is 22.6 Å². The Kier molecular flexibility index (Phi) is 6.60. The molecule has 5 heteroatoms. The van der Waals surface area contributed by atoms with Gasteiger partial charge in [-0.25, -0.2) is 13.2 Å². The second-order valence-corrected chi connectivity index (χ2v) is 6.28. The van der Waals surface area contributed by atoms with Crippen LogP contribution in [-0.2, 0) is 0 Å². The zero-order chi connectivity index (χ0) is 20.8. The van der Waals surface area contributed by atoms with Crippen molar-refractivity contribution in [2.75, 3.05) is 13.2 Å². The van der Waals surface area contributed by atoms with Gasteiger partial charge in [0, 0.05) is 16.5 Å². The molecular formula is C24H21F3O2. The lowest BCUT2D eigenvalue weighted by Gasteiger charge is -2.09. The molecule has 0 amide bonds. The van der Waals surface area contributed by atoms with Crippen molar-refractivity contribution in [1.29, 1.82) is 0 Å². The maximum absolute atomic E-state index is 14.7. The molecule has 0 N–H and O–H groups in total. The Bertz CT molecular complexity index is 1050. The van der Waals surface area contributed by atoms with Gasteiger partial charge < -0.3 is 9.47 Å². The predicted octanol–water partition coefficient (Wildman–Crippen LogP) is 7.10. The first-order valence-corrected chi connectivity index (χ1v) is 9.30. The summed E-state index contributed by atoms with van der Waals surface area (Å²) in [5, 5.41) is 0.745. The molecule has 3 aromatic carbocycles. The maximum Gasteiger partial charge on any atom is 0.172 e. The Morgan fingerprint density at radius 1 is 0.897 bits per heavy atom. The molecule has 0 spiro atoms. The average molecular weight is 398 g/mol. The average Bonchev–Trinajstić information content (AvgIpc) is 2.75. The van der Waals surface area contributed by atoms with Gasteiger partial charge in [-0.3, -0.25) is 0 Å². The molecule has 3 rings (SSSR count). The maximum atomic E-state index is 14.7. The van der Waals surface area contributed by atoms with E-state index in [9.17, 15) is 13.2 Å². The molecule has 0 aliphatic carbocycles. The highest BCUT2D eigenvalue weighted by molar-refractivity contribution is 5.91. The molecule has 0 bridgehead atoms. The van der Waals surface area contributed by atoms with Crippen LogP contribution < -0.4 is 9.47 Å². The van der Waals surface area contributed by atoms with Gasteiger partial charge in [0.1, 0.15) is 12.4 Å². The summed E-state index contributed by atoms with van der Waals surface area (Å²) in [6.07, 6.45) is 3.70. The minimum Gasteiger partial charge on any atom is -0.491 e. The molecule has 0 atom stereocenters. The van der Waals surface area contributed by atoms with Crippen molar-refractivity contribution in [3.63, 3.8) is 0 Å². The SMILES string of the molecule is CC=CCOc1ccc(C(F)=C(F)c2ccc3c(F)c(OCC)ccc3c2)cc1. The van der Waals surface area contributed by atoms with E-state index in [1.165, 1.54) is 36.4 Å². The van der Waals surface area contributed by atoms with Crippen molar-refractivity contribution in [2.45, 2.75) is 13.8 Å². The fourth-order valence-electron chi connectivity index (χ4n) is 2.87. The number of ether oxygens (including phenoxy) is 2. The van der Waals surface area contributed by atoms with Crippen molar-refractivity contribution in [2.24, 2.45) is 0 Å². The molecule has 0 heterocycles. The highest BCUT2D eigenvalue weighted by Gasteiger charge is 2.14. The first-order chi connectivity index (χ1) is 14.0. The number of fused-ring (bicyclic) bond motifs is 1. The molecular weight excluding hydrogens is 377 g/mol. The van der Waals surface area contributed by atoms with Gasteiger partial charge in [-0.2, -0.15) is 0 Å². The molecule has 150 valence electrons. The molecule has 3 aromatic rings. The van der Waals surface area contributed by atoms with Gasteiger partial charge in [0.25, 0.3) is 0 Å². The van der Waals surface area contributed by atoms with Gasteiger partial charge in [-0.05, 0) is 55.6 Å². The van der Waals surface area contributed by atoms with Crippen LogP contribution in [0, 0.1) is 5.82 Å². The van der Waals surface area contributed by atoms with Gasteiger partial charge in [0.05, 0.1) is 6.61 Å². The van der Waals surface area contributed by atoms with E-state index in [1.807, 2.05) is 19.1 Å². The Morgan fingerprint density at radius 2 is 1.59 bits per heavy atom. The zero-order valence-electron chi connectivity index (χ0n) is 16.2. The normalized spacial score (nSPS) is 12.3. The van der Waals surface area contributed by atoms with Crippen molar-refractivity contribution in [1.82, 2.24) is 0 Å². The second kappa shape index (κ2) is 9.32. The summed E-state index contributed by atoms with van der Waals surface area (Å²) in [5.74, 6) is -1.83. The summed E-state index contributed by atoms with van der Waals surface area (Å²) >= 11 is 0. The molecule has 0 aliphatic heterocycles. The Labute approximate surface area is 167 Å². The summed E-state index contributed by atoms with van der Waals surface area (Å²) in [7, 11) is 0. The predicted molar refractivity (Wildman–Crippen MR) is 111 cm³/mol.